The lowest BCUT2D eigenvalue weighted by Crippen LogP contribution is -2.37. The molecule has 3 heterocycles. The number of alkyl halides is 4. The molecule has 3 aliphatic rings. The molecule has 13 heteroatoms. The van der Waals surface area contributed by atoms with Gasteiger partial charge in [0, 0.05) is 56.8 Å². The maximum atomic E-state index is 15.2. The van der Waals surface area contributed by atoms with Crippen molar-refractivity contribution in [2.24, 2.45) is 5.92 Å². The highest BCUT2D eigenvalue weighted by Crippen LogP contribution is 2.38. The van der Waals surface area contributed by atoms with Gasteiger partial charge in [0.2, 0.25) is 0 Å². The first-order valence-electron chi connectivity index (χ1n) is 14.5. The van der Waals surface area contributed by atoms with Crippen molar-refractivity contribution in [2.45, 2.75) is 63.6 Å². The third-order valence-electron chi connectivity index (χ3n) is 7.99. The highest BCUT2D eigenvalue weighted by molar-refractivity contribution is 5.73. The molecule has 1 aliphatic carbocycles. The monoisotopic (exact) mass is 621 g/mol. The lowest BCUT2D eigenvalue weighted by molar-refractivity contribution is -0.192. The van der Waals surface area contributed by atoms with Crippen LogP contribution in [-0.2, 0) is 24.3 Å². The molecule has 7 nitrogen and oxygen atoms in total. The molecule has 3 aromatic rings. The van der Waals surface area contributed by atoms with Crippen molar-refractivity contribution < 1.29 is 36.2 Å². The van der Waals surface area contributed by atoms with Crippen LogP contribution in [0.4, 0.5) is 38.0 Å². The highest BCUT2D eigenvalue weighted by Gasteiger charge is 2.38. The van der Waals surface area contributed by atoms with Crippen molar-refractivity contribution in [3.05, 3.63) is 82.7 Å². The topological polar surface area (TPSA) is 81.6 Å². The van der Waals surface area contributed by atoms with Crippen LogP contribution in [-0.4, -0.2) is 57.8 Å². The summed E-state index contributed by atoms with van der Waals surface area (Å²) < 4.78 is 74.4. The maximum Gasteiger partial charge on any atom is 0.490 e. The standard InChI is InChI=1S/C29H32F3N5.C2HF3O2/c30-21-6-9-23(24(31)16-21)27(32)20-10-14-37(15-11-20)29-28(33-22-7-8-22)34-26-18-36(13-12-25(26)35-29)17-19-4-2-1-3-5-19;3-2(4,5)1(6)7/h1-6,9,16,20,22,27H,7-8,10-15,17-18H2,(H,33,34);(H,6,7). The Hall–Kier alpha value is -3.87. The number of fused-ring (bicyclic) bond motifs is 1. The fourth-order valence-corrected chi connectivity index (χ4v) is 5.47. The third-order valence-corrected chi connectivity index (χ3v) is 7.99. The maximum absolute atomic E-state index is 15.2. The Kier molecular flexibility index (Phi) is 9.62. The number of aliphatic carboxylic acids is 1. The van der Waals surface area contributed by atoms with Crippen LogP contribution >= 0.6 is 0 Å². The molecule has 0 radical (unpaired) electrons. The smallest absolute Gasteiger partial charge is 0.475 e. The van der Waals surface area contributed by atoms with Gasteiger partial charge in [-0.05, 0) is 43.2 Å². The van der Waals surface area contributed by atoms with Crippen molar-refractivity contribution in [1.82, 2.24) is 14.9 Å². The van der Waals surface area contributed by atoms with E-state index in [1.807, 2.05) is 6.07 Å². The second-order valence-corrected chi connectivity index (χ2v) is 11.3. The Morgan fingerprint density at radius 2 is 1.66 bits per heavy atom. The van der Waals surface area contributed by atoms with E-state index in [0.717, 1.165) is 74.1 Å². The summed E-state index contributed by atoms with van der Waals surface area (Å²) in [6.45, 7) is 3.84. The molecule has 2 N–H and O–H groups in total. The number of carboxylic acid groups (broad SMARTS) is 1. The first-order valence-corrected chi connectivity index (χ1v) is 14.5. The molecule has 236 valence electrons. The Morgan fingerprint density at radius 3 is 2.27 bits per heavy atom. The number of halogens is 6. The van der Waals surface area contributed by atoms with Crippen molar-refractivity contribution >= 4 is 17.6 Å². The molecule has 0 spiro atoms. The first kappa shape index (κ1) is 31.6. The second kappa shape index (κ2) is 13.4. The summed E-state index contributed by atoms with van der Waals surface area (Å²) in [5.74, 6) is -2.90. The summed E-state index contributed by atoms with van der Waals surface area (Å²) >= 11 is 0. The van der Waals surface area contributed by atoms with Gasteiger partial charge in [-0.3, -0.25) is 4.90 Å². The predicted molar refractivity (Wildman–Crippen MR) is 152 cm³/mol. The first-order chi connectivity index (χ1) is 21.0. The van der Waals surface area contributed by atoms with E-state index < -0.39 is 30.0 Å². The van der Waals surface area contributed by atoms with Crippen molar-refractivity contribution in [2.75, 3.05) is 29.9 Å². The van der Waals surface area contributed by atoms with E-state index >= 15 is 4.39 Å². The molecular formula is C31H33F6N5O2. The SMILES string of the molecule is Fc1ccc(C(F)C2CCN(c3nc4c(nc3NC3CC3)CN(Cc3ccccc3)CC4)CC2)c(F)c1.O=C(O)C(F)(F)F. The van der Waals surface area contributed by atoms with Gasteiger partial charge in [0.25, 0.3) is 0 Å². The summed E-state index contributed by atoms with van der Waals surface area (Å²) in [5, 5.41) is 10.7. The number of nitrogens with zero attached hydrogens (tertiary/aromatic N) is 4. The minimum Gasteiger partial charge on any atom is -0.475 e. The average molecular weight is 622 g/mol. The Morgan fingerprint density at radius 1 is 0.977 bits per heavy atom. The van der Waals surface area contributed by atoms with E-state index in [4.69, 9.17) is 19.9 Å². The summed E-state index contributed by atoms with van der Waals surface area (Å²) in [4.78, 5) is 23.7. The summed E-state index contributed by atoms with van der Waals surface area (Å²) in [6, 6.07) is 14.0. The number of carbonyl (C=O) groups is 1. The Labute approximate surface area is 250 Å². The van der Waals surface area contributed by atoms with Gasteiger partial charge in [-0.15, -0.1) is 0 Å². The zero-order valence-electron chi connectivity index (χ0n) is 23.8. The van der Waals surface area contributed by atoms with Crippen LogP contribution in [0.5, 0.6) is 0 Å². The molecule has 2 aliphatic heterocycles. The molecule has 1 atom stereocenters. The predicted octanol–water partition coefficient (Wildman–Crippen LogP) is 6.45. The lowest BCUT2D eigenvalue weighted by Gasteiger charge is -2.36. The molecule has 2 fully saturated rings. The molecule has 1 saturated carbocycles. The van der Waals surface area contributed by atoms with E-state index in [0.29, 0.717) is 32.0 Å². The Balaban J connectivity index is 0.000000493. The quantitative estimate of drug-likeness (QED) is 0.294. The zero-order chi connectivity index (χ0) is 31.4. The fourth-order valence-electron chi connectivity index (χ4n) is 5.47. The molecule has 1 aromatic heterocycles. The molecule has 2 aromatic carbocycles. The number of carboxylic acids is 1. The van der Waals surface area contributed by atoms with Gasteiger partial charge >= 0.3 is 12.1 Å². The summed E-state index contributed by atoms with van der Waals surface area (Å²) in [5.41, 5.74) is 3.31. The number of piperidine rings is 1. The molecular weight excluding hydrogens is 588 g/mol. The van der Waals surface area contributed by atoms with Gasteiger partial charge in [-0.25, -0.2) is 27.9 Å². The van der Waals surface area contributed by atoms with Crippen LogP contribution in [0.1, 0.15) is 54.4 Å². The molecule has 1 unspecified atom stereocenters. The van der Waals surface area contributed by atoms with Crippen molar-refractivity contribution in [3.63, 3.8) is 0 Å². The summed E-state index contributed by atoms with van der Waals surface area (Å²) in [6.07, 6.45) is -2.27. The van der Waals surface area contributed by atoms with Crippen molar-refractivity contribution in [3.8, 4) is 0 Å². The van der Waals surface area contributed by atoms with Gasteiger partial charge in [0.1, 0.15) is 17.8 Å². The van der Waals surface area contributed by atoms with E-state index in [1.165, 1.54) is 11.6 Å². The minimum absolute atomic E-state index is 0.0513. The van der Waals surface area contributed by atoms with Gasteiger partial charge in [0.05, 0.1) is 11.4 Å². The lowest BCUT2D eigenvalue weighted by atomic mass is 9.88. The largest absolute Gasteiger partial charge is 0.490 e. The number of benzene rings is 2. The van der Waals surface area contributed by atoms with Crippen LogP contribution in [0.15, 0.2) is 48.5 Å². The van der Waals surface area contributed by atoms with Crippen molar-refractivity contribution in [1.29, 1.82) is 0 Å². The van der Waals surface area contributed by atoms with Gasteiger partial charge in [-0.1, -0.05) is 36.4 Å². The molecule has 0 bridgehead atoms. The number of nitrogens with one attached hydrogen (secondary N) is 1. The number of hydrogen-bond acceptors (Lipinski definition) is 6. The number of rotatable bonds is 7. The van der Waals surface area contributed by atoms with E-state index in [1.54, 1.807) is 0 Å². The van der Waals surface area contributed by atoms with E-state index in [-0.39, 0.29) is 11.5 Å². The average Bonchev–Trinajstić information content (AvgIpc) is 3.81. The molecule has 44 heavy (non-hydrogen) atoms. The van der Waals surface area contributed by atoms with Crippen LogP contribution in [0.25, 0.3) is 0 Å². The zero-order valence-corrected chi connectivity index (χ0v) is 23.8. The Bertz CT molecular complexity index is 1450. The van der Waals surface area contributed by atoms with Gasteiger partial charge in [0.15, 0.2) is 11.6 Å². The summed E-state index contributed by atoms with van der Waals surface area (Å²) in [7, 11) is 0. The number of aromatic nitrogens is 2. The van der Waals surface area contributed by atoms with Crippen LogP contribution < -0.4 is 10.2 Å². The highest BCUT2D eigenvalue weighted by atomic mass is 19.4. The molecule has 1 saturated heterocycles. The fraction of sp³-hybridized carbons (Fsp3) is 0.452. The van der Waals surface area contributed by atoms with E-state index in [9.17, 15) is 22.0 Å². The molecule has 0 amide bonds. The normalized spacial score (nSPS) is 18.2. The number of anilines is 2. The van der Waals surface area contributed by atoms with Gasteiger partial charge < -0.3 is 15.3 Å². The minimum atomic E-state index is -5.08. The number of hydrogen-bond donors (Lipinski definition) is 2. The van der Waals surface area contributed by atoms with E-state index in [2.05, 4.69) is 39.4 Å². The second-order valence-electron chi connectivity index (χ2n) is 11.3. The molecule has 6 rings (SSSR count). The third kappa shape index (κ3) is 7.99. The van der Waals surface area contributed by atoms with Crippen LogP contribution in [0.2, 0.25) is 0 Å². The van der Waals surface area contributed by atoms with Crippen LogP contribution in [0, 0.1) is 17.6 Å². The van der Waals surface area contributed by atoms with Gasteiger partial charge in [-0.2, -0.15) is 13.2 Å². The van der Waals surface area contributed by atoms with Crippen LogP contribution in [0.3, 0.4) is 0 Å².